The van der Waals surface area contributed by atoms with E-state index >= 15 is 0 Å². The summed E-state index contributed by atoms with van der Waals surface area (Å²) in [7, 11) is 0. The molecule has 0 atom stereocenters. The minimum absolute atomic E-state index is 0.207. The highest BCUT2D eigenvalue weighted by Crippen LogP contribution is 2.34. The maximum Gasteiger partial charge on any atom is 0.224 e. The normalized spacial score (nSPS) is 16.6. The first-order chi connectivity index (χ1) is 11.4. The summed E-state index contributed by atoms with van der Waals surface area (Å²) >= 11 is 0. The highest BCUT2D eigenvalue weighted by Gasteiger charge is 2.30. The van der Waals surface area contributed by atoms with E-state index in [0.29, 0.717) is 63.9 Å². The number of likely N-dealkylation sites (tertiary alicyclic amines) is 1. The van der Waals surface area contributed by atoms with Crippen molar-refractivity contribution >= 4 is 5.91 Å². The lowest BCUT2D eigenvalue weighted by Crippen LogP contribution is -2.41. The molecule has 6 nitrogen and oxygen atoms in total. The zero-order chi connectivity index (χ0) is 17.8. The zero-order valence-electron chi connectivity index (χ0n) is 15.7. The van der Waals surface area contributed by atoms with Crippen LogP contribution < -0.4 is 5.73 Å². The third-order valence-corrected chi connectivity index (χ3v) is 4.54. The number of rotatable bonds is 11. The predicted molar refractivity (Wildman–Crippen MR) is 94.9 cm³/mol. The average Bonchev–Trinajstić information content (AvgIpc) is 2.55. The second kappa shape index (κ2) is 11.8. The molecule has 0 unspecified atom stereocenters. The first kappa shape index (κ1) is 21.4. The number of carbonyl (C=O) groups excluding carboxylic acids is 1. The molecule has 0 aromatic heterocycles. The highest BCUT2D eigenvalue weighted by molar-refractivity contribution is 5.76. The van der Waals surface area contributed by atoms with Crippen LogP contribution in [-0.4, -0.2) is 70.1 Å². The van der Waals surface area contributed by atoms with Gasteiger partial charge in [-0.3, -0.25) is 4.79 Å². The SMILES string of the molecule is CC(C)(C)C1CCN(C(=O)CCOCCOCCOCCN)CC1. The zero-order valence-corrected chi connectivity index (χ0v) is 15.7. The van der Waals surface area contributed by atoms with Gasteiger partial charge in [0.1, 0.15) is 0 Å². The van der Waals surface area contributed by atoms with E-state index in [4.69, 9.17) is 19.9 Å². The van der Waals surface area contributed by atoms with E-state index < -0.39 is 0 Å². The molecule has 1 fully saturated rings. The number of amides is 1. The van der Waals surface area contributed by atoms with Gasteiger partial charge < -0.3 is 24.8 Å². The summed E-state index contributed by atoms with van der Waals surface area (Å²) in [6.45, 7) is 12.3. The Morgan fingerprint density at radius 1 is 0.958 bits per heavy atom. The molecule has 24 heavy (non-hydrogen) atoms. The van der Waals surface area contributed by atoms with Gasteiger partial charge >= 0.3 is 0 Å². The van der Waals surface area contributed by atoms with Crippen molar-refractivity contribution in [1.82, 2.24) is 4.90 Å². The number of nitrogens with zero attached hydrogens (tertiary/aromatic N) is 1. The Labute approximate surface area is 147 Å². The summed E-state index contributed by atoms with van der Waals surface area (Å²) in [5, 5.41) is 0. The van der Waals surface area contributed by atoms with Gasteiger partial charge in [-0.15, -0.1) is 0 Å². The van der Waals surface area contributed by atoms with E-state index in [9.17, 15) is 4.79 Å². The Kier molecular flexibility index (Phi) is 10.5. The Hall–Kier alpha value is -0.690. The standard InChI is InChI=1S/C18H36N2O4/c1-18(2,3)16-4-8-20(9-5-16)17(21)6-10-22-12-14-24-15-13-23-11-7-19/h16H,4-15,19H2,1-3H3. The Morgan fingerprint density at radius 3 is 1.96 bits per heavy atom. The maximum absolute atomic E-state index is 12.2. The van der Waals surface area contributed by atoms with Crippen molar-refractivity contribution < 1.29 is 19.0 Å². The minimum atomic E-state index is 0.207. The van der Waals surface area contributed by atoms with E-state index in [1.165, 1.54) is 0 Å². The summed E-state index contributed by atoms with van der Waals surface area (Å²) in [4.78, 5) is 14.2. The van der Waals surface area contributed by atoms with Crippen LogP contribution in [0.15, 0.2) is 0 Å². The molecule has 0 bridgehead atoms. The van der Waals surface area contributed by atoms with Crippen LogP contribution in [0.4, 0.5) is 0 Å². The van der Waals surface area contributed by atoms with Crippen LogP contribution in [0.1, 0.15) is 40.0 Å². The first-order valence-electron chi connectivity index (χ1n) is 9.16. The van der Waals surface area contributed by atoms with Crippen LogP contribution in [0, 0.1) is 11.3 Å². The Bertz CT molecular complexity index is 336. The molecule has 0 saturated carbocycles. The molecule has 0 radical (unpaired) electrons. The minimum Gasteiger partial charge on any atom is -0.379 e. The predicted octanol–water partition coefficient (Wildman–Crippen LogP) is 1.67. The number of carbonyl (C=O) groups is 1. The summed E-state index contributed by atoms with van der Waals surface area (Å²) in [5.41, 5.74) is 5.65. The topological polar surface area (TPSA) is 74.0 Å². The third kappa shape index (κ3) is 8.97. The van der Waals surface area contributed by atoms with Gasteiger partial charge in [-0.25, -0.2) is 0 Å². The quantitative estimate of drug-likeness (QED) is 0.577. The van der Waals surface area contributed by atoms with Gasteiger partial charge in [0, 0.05) is 19.6 Å². The summed E-state index contributed by atoms with van der Waals surface area (Å²) in [5.74, 6) is 0.919. The lowest BCUT2D eigenvalue weighted by atomic mass is 9.75. The molecule has 1 heterocycles. The van der Waals surface area contributed by atoms with Crippen LogP contribution >= 0.6 is 0 Å². The summed E-state index contributed by atoms with van der Waals surface area (Å²) in [6, 6.07) is 0. The van der Waals surface area contributed by atoms with Crippen LogP contribution in [0.2, 0.25) is 0 Å². The van der Waals surface area contributed by atoms with Gasteiger partial charge in [-0.05, 0) is 24.2 Å². The van der Waals surface area contributed by atoms with Gasteiger partial charge in [-0.1, -0.05) is 20.8 Å². The lowest BCUT2D eigenvalue weighted by molar-refractivity contribution is -0.134. The number of ether oxygens (including phenoxy) is 3. The third-order valence-electron chi connectivity index (χ3n) is 4.54. The number of nitrogens with two attached hydrogens (primary N) is 1. The maximum atomic E-state index is 12.2. The van der Waals surface area contributed by atoms with Crippen LogP contribution in [0.25, 0.3) is 0 Å². The van der Waals surface area contributed by atoms with E-state index in [2.05, 4.69) is 20.8 Å². The fourth-order valence-electron chi connectivity index (χ4n) is 2.94. The molecule has 2 N–H and O–H groups in total. The van der Waals surface area contributed by atoms with Gasteiger partial charge in [0.2, 0.25) is 5.91 Å². The van der Waals surface area contributed by atoms with Crippen LogP contribution in [0.3, 0.4) is 0 Å². The highest BCUT2D eigenvalue weighted by atomic mass is 16.5. The molecular formula is C18H36N2O4. The van der Waals surface area contributed by atoms with Crippen molar-refractivity contribution in [3.05, 3.63) is 0 Å². The molecule has 6 heteroatoms. The largest absolute Gasteiger partial charge is 0.379 e. The van der Waals surface area contributed by atoms with Gasteiger partial charge in [0.15, 0.2) is 0 Å². The van der Waals surface area contributed by atoms with Crippen LogP contribution in [0.5, 0.6) is 0 Å². The van der Waals surface area contributed by atoms with Crippen molar-refractivity contribution in [3.63, 3.8) is 0 Å². The van der Waals surface area contributed by atoms with E-state index in [0.717, 1.165) is 25.9 Å². The Morgan fingerprint density at radius 2 is 1.46 bits per heavy atom. The van der Waals surface area contributed by atoms with Crippen molar-refractivity contribution in [2.75, 3.05) is 59.3 Å². The molecule has 142 valence electrons. The molecule has 1 aliphatic heterocycles. The number of hydrogen-bond donors (Lipinski definition) is 1. The molecule has 0 aliphatic carbocycles. The average molecular weight is 344 g/mol. The molecular weight excluding hydrogens is 308 g/mol. The van der Waals surface area contributed by atoms with Gasteiger partial charge in [0.05, 0.1) is 46.1 Å². The summed E-state index contributed by atoms with van der Waals surface area (Å²) < 4.78 is 16.0. The Balaban J connectivity index is 1.97. The fraction of sp³-hybridized carbons (Fsp3) is 0.944. The molecule has 1 aliphatic rings. The second-order valence-corrected chi connectivity index (χ2v) is 7.40. The molecule has 0 spiro atoms. The van der Waals surface area contributed by atoms with Gasteiger partial charge in [0.25, 0.3) is 0 Å². The summed E-state index contributed by atoms with van der Waals surface area (Å²) in [6.07, 6.45) is 2.67. The fourth-order valence-corrected chi connectivity index (χ4v) is 2.94. The molecule has 0 aromatic carbocycles. The van der Waals surface area contributed by atoms with Crippen molar-refractivity contribution in [2.24, 2.45) is 17.1 Å². The van der Waals surface area contributed by atoms with E-state index in [1.807, 2.05) is 4.90 Å². The molecule has 1 rings (SSSR count). The van der Waals surface area contributed by atoms with Crippen molar-refractivity contribution in [1.29, 1.82) is 0 Å². The first-order valence-corrected chi connectivity index (χ1v) is 9.16. The van der Waals surface area contributed by atoms with Gasteiger partial charge in [-0.2, -0.15) is 0 Å². The van der Waals surface area contributed by atoms with Crippen molar-refractivity contribution in [2.45, 2.75) is 40.0 Å². The lowest BCUT2D eigenvalue weighted by Gasteiger charge is -2.38. The number of hydrogen-bond acceptors (Lipinski definition) is 5. The van der Waals surface area contributed by atoms with E-state index in [1.54, 1.807) is 0 Å². The van der Waals surface area contributed by atoms with E-state index in [-0.39, 0.29) is 5.91 Å². The monoisotopic (exact) mass is 344 g/mol. The molecule has 1 amide bonds. The second-order valence-electron chi connectivity index (χ2n) is 7.40. The van der Waals surface area contributed by atoms with Crippen molar-refractivity contribution in [3.8, 4) is 0 Å². The van der Waals surface area contributed by atoms with Crippen LogP contribution in [-0.2, 0) is 19.0 Å². The number of piperidine rings is 1. The molecule has 1 saturated heterocycles. The molecule has 0 aromatic rings. The smallest absolute Gasteiger partial charge is 0.224 e.